The molecule has 0 bridgehead atoms. The quantitative estimate of drug-likeness (QED) is 0.857. The smallest absolute Gasteiger partial charge is 0.408 e. The Morgan fingerprint density at radius 3 is 2.83 bits per heavy atom. The van der Waals surface area contributed by atoms with Crippen molar-refractivity contribution in [2.24, 2.45) is 5.92 Å². The van der Waals surface area contributed by atoms with Gasteiger partial charge in [-0.1, -0.05) is 12.1 Å². The van der Waals surface area contributed by atoms with Crippen molar-refractivity contribution in [1.29, 1.82) is 0 Å². The van der Waals surface area contributed by atoms with Gasteiger partial charge in [-0.05, 0) is 12.1 Å². The fraction of sp³-hybridized carbons (Fsp3) is 0.462. The highest BCUT2D eigenvalue weighted by Crippen LogP contribution is 2.15. The summed E-state index contributed by atoms with van der Waals surface area (Å²) in [5, 5.41) is 8.94. The normalized spacial score (nSPS) is 17.2. The van der Waals surface area contributed by atoms with Gasteiger partial charge < -0.3 is 14.4 Å². The van der Waals surface area contributed by atoms with Gasteiger partial charge in [0.1, 0.15) is 0 Å². The lowest BCUT2D eigenvalue weighted by Crippen LogP contribution is -2.49. The van der Waals surface area contributed by atoms with Crippen LogP contribution >= 0.6 is 0 Å². The van der Waals surface area contributed by atoms with Crippen LogP contribution in [-0.2, 0) is 6.54 Å². The number of nitrogens with zero attached hydrogens (tertiary/aromatic N) is 2. The lowest BCUT2D eigenvalue weighted by molar-refractivity contribution is 0.0513. The predicted molar refractivity (Wildman–Crippen MR) is 67.5 cm³/mol. The molecule has 0 spiro atoms. The molecule has 5 heteroatoms. The van der Waals surface area contributed by atoms with E-state index < -0.39 is 0 Å². The Bertz CT molecular complexity index is 596. The lowest BCUT2D eigenvalue weighted by Gasteiger charge is -2.38. The summed E-state index contributed by atoms with van der Waals surface area (Å²) in [4.78, 5) is 13.9. The number of para-hydroxylation sites is 2. The minimum Gasteiger partial charge on any atom is -0.408 e. The molecule has 1 aliphatic heterocycles. The van der Waals surface area contributed by atoms with Gasteiger partial charge in [0.25, 0.3) is 0 Å². The molecule has 1 aliphatic rings. The topological polar surface area (TPSA) is 58.6 Å². The molecule has 18 heavy (non-hydrogen) atoms. The molecule has 0 atom stereocenters. The van der Waals surface area contributed by atoms with Crippen LogP contribution in [0.1, 0.15) is 0 Å². The van der Waals surface area contributed by atoms with Crippen LogP contribution in [0, 0.1) is 5.92 Å². The first-order valence-electron chi connectivity index (χ1n) is 6.19. The number of aliphatic hydroxyl groups excluding tert-OH is 1. The average Bonchev–Trinajstić information content (AvgIpc) is 2.64. The highest BCUT2D eigenvalue weighted by atomic mass is 16.4. The average molecular weight is 248 g/mol. The number of rotatable bonds is 4. The van der Waals surface area contributed by atoms with Crippen molar-refractivity contribution in [3.8, 4) is 0 Å². The van der Waals surface area contributed by atoms with Crippen LogP contribution in [-0.4, -0.2) is 40.8 Å². The molecule has 3 rings (SSSR count). The third kappa shape index (κ3) is 1.95. The molecule has 1 saturated heterocycles. The van der Waals surface area contributed by atoms with E-state index in [-0.39, 0.29) is 12.4 Å². The second kappa shape index (κ2) is 4.59. The van der Waals surface area contributed by atoms with E-state index in [1.54, 1.807) is 10.6 Å². The molecule has 1 N–H and O–H groups in total. The third-order valence-electron chi connectivity index (χ3n) is 3.50. The highest BCUT2D eigenvalue weighted by molar-refractivity contribution is 5.72. The molecule has 96 valence electrons. The van der Waals surface area contributed by atoms with E-state index in [1.807, 2.05) is 18.2 Å². The zero-order chi connectivity index (χ0) is 12.5. The number of likely N-dealkylation sites (tertiary alicyclic amines) is 1. The van der Waals surface area contributed by atoms with Crippen LogP contribution < -0.4 is 5.76 Å². The second-order valence-corrected chi connectivity index (χ2v) is 4.80. The zero-order valence-corrected chi connectivity index (χ0v) is 10.1. The molecule has 5 nitrogen and oxygen atoms in total. The van der Waals surface area contributed by atoms with E-state index in [4.69, 9.17) is 9.52 Å². The largest absolute Gasteiger partial charge is 0.419 e. The van der Waals surface area contributed by atoms with Crippen molar-refractivity contribution in [2.45, 2.75) is 6.54 Å². The summed E-state index contributed by atoms with van der Waals surface area (Å²) in [6, 6.07) is 7.46. The van der Waals surface area contributed by atoms with Crippen LogP contribution in [0.4, 0.5) is 0 Å². The number of aromatic nitrogens is 1. The van der Waals surface area contributed by atoms with Gasteiger partial charge in [-0.15, -0.1) is 0 Å². The Morgan fingerprint density at radius 2 is 2.06 bits per heavy atom. The van der Waals surface area contributed by atoms with Gasteiger partial charge in [0.15, 0.2) is 5.58 Å². The maximum Gasteiger partial charge on any atom is 0.419 e. The fourth-order valence-electron chi connectivity index (χ4n) is 2.44. The summed E-state index contributed by atoms with van der Waals surface area (Å²) in [5.41, 5.74) is 1.49. The van der Waals surface area contributed by atoms with Gasteiger partial charge in [0.05, 0.1) is 5.52 Å². The van der Waals surface area contributed by atoms with Crippen molar-refractivity contribution in [1.82, 2.24) is 9.47 Å². The number of benzene rings is 1. The Hall–Kier alpha value is -1.59. The molecule has 2 aromatic rings. The molecule has 0 amide bonds. The molecule has 0 saturated carbocycles. The SMILES string of the molecule is O=c1oc2ccccc2n1CCN1CC(CO)C1. The third-order valence-corrected chi connectivity index (χ3v) is 3.50. The van der Waals surface area contributed by atoms with Gasteiger partial charge >= 0.3 is 5.76 Å². The van der Waals surface area contributed by atoms with E-state index in [0.717, 1.165) is 25.2 Å². The molecule has 1 fully saturated rings. The molecule has 0 radical (unpaired) electrons. The van der Waals surface area contributed by atoms with Crippen molar-refractivity contribution in [3.05, 3.63) is 34.8 Å². The van der Waals surface area contributed by atoms with Crippen LogP contribution in [0.5, 0.6) is 0 Å². The van der Waals surface area contributed by atoms with Gasteiger partial charge in [0, 0.05) is 38.7 Å². The molecule has 0 unspecified atom stereocenters. The zero-order valence-electron chi connectivity index (χ0n) is 10.1. The number of aliphatic hydroxyl groups is 1. The summed E-state index contributed by atoms with van der Waals surface area (Å²) in [7, 11) is 0. The summed E-state index contributed by atoms with van der Waals surface area (Å²) >= 11 is 0. The van der Waals surface area contributed by atoms with E-state index in [1.165, 1.54) is 0 Å². The standard InChI is InChI=1S/C13H16N2O3/c16-9-10-7-14(8-10)5-6-15-11-3-1-2-4-12(11)18-13(15)17/h1-4,10,16H,5-9H2. The molecule has 1 aromatic heterocycles. The van der Waals surface area contributed by atoms with Crippen molar-refractivity contribution in [2.75, 3.05) is 26.2 Å². The van der Waals surface area contributed by atoms with E-state index in [0.29, 0.717) is 18.0 Å². The molecular weight excluding hydrogens is 232 g/mol. The number of oxazole rings is 1. The van der Waals surface area contributed by atoms with Crippen LogP contribution in [0.3, 0.4) is 0 Å². The molecule has 1 aromatic carbocycles. The summed E-state index contributed by atoms with van der Waals surface area (Å²) in [6.45, 7) is 3.54. The summed E-state index contributed by atoms with van der Waals surface area (Å²) in [5.74, 6) is 0.109. The van der Waals surface area contributed by atoms with E-state index >= 15 is 0 Å². The first kappa shape index (κ1) is 11.5. The van der Waals surface area contributed by atoms with E-state index in [9.17, 15) is 4.79 Å². The van der Waals surface area contributed by atoms with Crippen molar-refractivity contribution in [3.63, 3.8) is 0 Å². The predicted octanol–water partition coefficient (Wildman–Crippen LogP) is 0.519. The van der Waals surface area contributed by atoms with Gasteiger partial charge in [-0.25, -0.2) is 4.79 Å². The number of hydrogen-bond donors (Lipinski definition) is 1. The molecular formula is C13H16N2O3. The highest BCUT2D eigenvalue weighted by Gasteiger charge is 2.25. The van der Waals surface area contributed by atoms with Gasteiger partial charge in [0.2, 0.25) is 0 Å². The first-order chi connectivity index (χ1) is 8.78. The van der Waals surface area contributed by atoms with Crippen LogP contribution in [0.2, 0.25) is 0 Å². The van der Waals surface area contributed by atoms with Gasteiger partial charge in [-0.2, -0.15) is 0 Å². The maximum absolute atomic E-state index is 11.7. The molecule has 2 heterocycles. The minimum atomic E-state index is -0.296. The maximum atomic E-state index is 11.7. The van der Waals surface area contributed by atoms with Gasteiger partial charge in [-0.3, -0.25) is 4.57 Å². The first-order valence-corrected chi connectivity index (χ1v) is 6.19. The Kier molecular flexibility index (Phi) is 2.93. The van der Waals surface area contributed by atoms with E-state index in [2.05, 4.69) is 4.90 Å². The lowest BCUT2D eigenvalue weighted by atomic mass is 10.0. The summed E-state index contributed by atoms with van der Waals surface area (Å²) < 4.78 is 6.84. The second-order valence-electron chi connectivity index (χ2n) is 4.80. The van der Waals surface area contributed by atoms with Crippen molar-refractivity contribution >= 4 is 11.1 Å². The van der Waals surface area contributed by atoms with Crippen molar-refractivity contribution < 1.29 is 9.52 Å². The molecule has 0 aliphatic carbocycles. The summed E-state index contributed by atoms with van der Waals surface area (Å²) in [6.07, 6.45) is 0. The minimum absolute atomic E-state index is 0.255. The Balaban J connectivity index is 1.71. The Morgan fingerprint density at radius 1 is 1.28 bits per heavy atom. The van der Waals surface area contributed by atoms with Crippen LogP contribution in [0.15, 0.2) is 33.5 Å². The fourth-order valence-corrected chi connectivity index (χ4v) is 2.44. The monoisotopic (exact) mass is 248 g/mol. The Labute approximate surface area is 104 Å². The number of fused-ring (bicyclic) bond motifs is 1. The number of hydrogen-bond acceptors (Lipinski definition) is 4. The van der Waals surface area contributed by atoms with Crippen LogP contribution in [0.25, 0.3) is 11.1 Å².